The zero-order chi connectivity index (χ0) is 17.8. The fraction of sp³-hybridized carbons (Fsp3) is 0.294. The normalized spacial score (nSPS) is 14.0. The van der Waals surface area contributed by atoms with Crippen molar-refractivity contribution >= 4 is 11.5 Å². The van der Waals surface area contributed by atoms with Crippen molar-refractivity contribution in [3.05, 3.63) is 46.0 Å². The third-order valence-electron chi connectivity index (χ3n) is 3.97. The van der Waals surface area contributed by atoms with Gasteiger partial charge in [0.15, 0.2) is 5.69 Å². The van der Waals surface area contributed by atoms with Crippen LogP contribution in [0.4, 0.5) is 11.5 Å². The quantitative estimate of drug-likeness (QED) is 0.622. The molecule has 0 aliphatic carbocycles. The van der Waals surface area contributed by atoms with Gasteiger partial charge in [0.05, 0.1) is 25.2 Å². The number of rotatable bonds is 4. The molecule has 2 aromatic rings. The van der Waals surface area contributed by atoms with Gasteiger partial charge >= 0.3 is 0 Å². The smallest absolute Gasteiger partial charge is 0.296 e. The SMILES string of the molecule is COc1ccc(-c2nc(N3CCOCC3)c(C#N)cc2[N+](=O)[O-])cc1. The predicted molar refractivity (Wildman–Crippen MR) is 90.6 cm³/mol. The van der Waals surface area contributed by atoms with Crippen LogP contribution in [-0.4, -0.2) is 43.3 Å². The van der Waals surface area contributed by atoms with Gasteiger partial charge in [-0.15, -0.1) is 0 Å². The van der Waals surface area contributed by atoms with Gasteiger partial charge < -0.3 is 14.4 Å². The molecule has 0 spiro atoms. The summed E-state index contributed by atoms with van der Waals surface area (Å²) in [5, 5.41) is 20.9. The van der Waals surface area contributed by atoms with E-state index >= 15 is 0 Å². The zero-order valence-electron chi connectivity index (χ0n) is 13.6. The molecule has 0 radical (unpaired) electrons. The Morgan fingerprint density at radius 2 is 2.00 bits per heavy atom. The Labute approximate surface area is 144 Å². The number of nitriles is 1. The lowest BCUT2D eigenvalue weighted by molar-refractivity contribution is -0.384. The number of nitro groups is 1. The third kappa shape index (κ3) is 3.36. The van der Waals surface area contributed by atoms with Gasteiger partial charge in [0.1, 0.15) is 23.2 Å². The minimum absolute atomic E-state index is 0.186. The number of pyridine rings is 1. The van der Waals surface area contributed by atoms with E-state index in [-0.39, 0.29) is 16.9 Å². The molecule has 128 valence electrons. The van der Waals surface area contributed by atoms with Gasteiger partial charge in [-0.3, -0.25) is 10.1 Å². The number of nitrogens with zero attached hydrogens (tertiary/aromatic N) is 4. The van der Waals surface area contributed by atoms with E-state index in [1.165, 1.54) is 6.07 Å². The third-order valence-corrected chi connectivity index (χ3v) is 3.97. The summed E-state index contributed by atoms with van der Waals surface area (Å²) in [6.07, 6.45) is 0. The maximum atomic E-state index is 11.5. The molecule has 25 heavy (non-hydrogen) atoms. The van der Waals surface area contributed by atoms with Crippen LogP contribution < -0.4 is 9.64 Å². The highest BCUT2D eigenvalue weighted by Gasteiger charge is 2.25. The highest BCUT2D eigenvalue weighted by Crippen LogP contribution is 2.34. The minimum Gasteiger partial charge on any atom is -0.497 e. The van der Waals surface area contributed by atoms with Crippen molar-refractivity contribution in [3.8, 4) is 23.1 Å². The molecule has 1 aliphatic rings. The Kier molecular flexibility index (Phi) is 4.77. The largest absolute Gasteiger partial charge is 0.497 e. The summed E-state index contributed by atoms with van der Waals surface area (Å²) >= 11 is 0. The Hall–Kier alpha value is -3.18. The lowest BCUT2D eigenvalue weighted by Crippen LogP contribution is -2.37. The van der Waals surface area contributed by atoms with Crippen molar-refractivity contribution in [2.24, 2.45) is 0 Å². The van der Waals surface area contributed by atoms with Crippen LogP contribution >= 0.6 is 0 Å². The lowest BCUT2D eigenvalue weighted by atomic mass is 10.1. The maximum absolute atomic E-state index is 11.5. The Bertz CT molecular complexity index is 824. The topological polar surface area (TPSA) is 102 Å². The van der Waals surface area contributed by atoms with Crippen LogP contribution in [0.15, 0.2) is 30.3 Å². The van der Waals surface area contributed by atoms with Gasteiger partial charge in [-0.25, -0.2) is 4.98 Å². The lowest BCUT2D eigenvalue weighted by Gasteiger charge is -2.28. The van der Waals surface area contributed by atoms with Crippen molar-refractivity contribution in [1.82, 2.24) is 4.98 Å². The summed E-state index contributed by atoms with van der Waals surface area (Å²) in [6, 6.07) is 10.2. The van der Waals surface area contributed by atoms with E-state index in [1.807, 2.05) is 11.0 Å². The Morgan fingerprint density at radius 3 is 2.56 bits per heavy atom. The van der Waals surface area contributed by atoms with E-state index in [0.29, 0.717) is 43.4 Å². The number of benzene rings is 1. The highest BCUT2D eigenvalue weighted by molar-refractivity contribution is 5.75. The van der Waals surface area contributed by atoms with Crippen molar-refractivity contribution in [3.63, 3.8) is 0 Å². The van der Waals surface area contributed by atoms with Crippen molar-refractivity contribution in [2.45, 2.75) is 0 Å². The zero-order valence-corrected chi connectivity index (χ0v) is 13.6. The first kappa shape index (κ1) is 16.7. The van der Waals surface area contributed by atoms with Crippen LogP contribution in [0.1, 0.15) is 5.56 Å². The van der Waals surface area contributed by atoms with Crippen LogP contribution in [0, 0.1) is 21.4 Å². The molecule has 1 aromatic heterocycles. The molecule has 0 amide bonds. The molecule has 8 nitrogen and oxygen atoms in total. The molecule has 0 unspecified atom stereocenters. The monoisotopic (exact) mass is 340 g/mol. The van der Waals surface area contributed by atoms with Crippen LogP contribution in [-0.2, 0) is 4.74 Å². The van der Waals surface area contributed by atoms with E-state index in [0.717, 1.165) is 0 Å². The second-order valence-corrected chi connectivity index (χ2v) is 5.42. The summed E-state index contributed by atoms with van der Waals surface area (Å²) < 4.78 is 10.4. The van der Waals surface area contributed by atoms with Gasteiger partial charge in [-0.1, -0.05) is 0 Å². The summed E-state index contributed by atoms with van der Waals surface area (Å²) in [4.78, 5) is 17.3. The van der Waals surface area contributed by atoms with Crippen molar-refractivity contribution in [1.29, 1.82) is 5.26 Å². The predicted octanol–water partition coefficient (Wildman–Crippen LogP) is 2.37. The Morgan fingerprint density at radius 1 is 1.32 bits per heavy atom. The molecule has 0 atom stereocenters. The molecule has 0 bridgehead atoms. The van der Waals surface area contributed by atoms with E-state index in [2.05, 4.69) is 4.98 Å². The van der Waals surface area contributed by atoms with E-state index in [9.17, 15) is 15.4 Å². The molecule has 0 N–H and O–H groups in total. The van der Waals surface area contributed by atoms with E-state index < -0.39 is 4.92 Å². The number of hydrogen-bond acceptors (Lipinski definition) is 7. The molecule has 1 saturated heterocycles. The summed E-state index contributed by atoms with van der Waals surface area (Å²) in [5.74, 6) is 1.09. The number of methoxy groups -OCH3 is 1. The van der Waals surface area contributed by atoms with Gasteiger partial charge in [0.2, 0.25) is 0 Å². The molecule has 1 aromatic carbocycles. The number of hydrogen-bond donors (Lipinski definition) is 0. The second-order valence-electron chi connectivity index (χ2n) is 5.42. The van der Waals surface area contributed by atoms with Gasteiger partial charge in [0.25, 0.3) is 5.69 Å². The number of morpholine rings is 1. The van der Waals surface area contributed by atoms with Crippen molar-refractivity contribution < 1.29 is 14.4 Å². The maximum Gasteiger partial charge on any atom is 0.296 e. The number of aromatic nitrogens is 1. The first-order valence-corrected chi connectivity index (χ1v) is 7.70. The number of ether oxygens (including phenoxy) is 2. The first-order valence-electron chi connectivity index (χ1n) is 7.70. The number of anilines is 1. The average molecular weight is 340 g/mol. The fourth-order valence-electron chi connectivity index (χ4n) is 2.69. The molecule has 1 fully saturated rings. The second kappa shape index (κ2) is 7.15. The minimum atomic E-state index is -0.517. The standard InChI is InChI=1S/C17H16N4O4/c1-24-14-4-2-12(3-5-14)16-15(21(22)23)10-13(11-18)17(19-16)20-6-8-25-9-7-20/h2-5,10H,6-9H2,1H3. The molecular formula is C17H16N4O4. The average Bonchev–Trinajstić information content (AvgIpc) is 2.67. The first-order chi connectivity index (χ1) is 12.1. The molecule has 0 saturated carbocycles. The van der Waals surface area contributed by atoms with Gasteiger partial charge in [-0.2, -0.15) is 5.26 Å². The van der Waals surface area contributed by atoms with Crippen LogP contribution in [0.2, 0.25) is 0 Å². The van der Waals surface area contributed by atoms with Gasteiger partial charge in [0, 0.05) is 24.7 Å². The van der Waals surface area contributed by atoms with Crippen LogP contribution in [0.5, 0.6) is 5.75 Å². The highest BCUT2D eigenvalue weighted by atomic mass is 16.6. The van der Waals surface area contributed by atoms with Gasteiger partial charge in [-0.05, 0) is 24.3 Å². The molecular weight excluding hydrogens is 324 g/mol. The summed E-state index contributed by atoms with van der Waals surface area (Å²) in [6.45, 7) is 2.23. The summed E-state index contributed by atoms with van der Waals surface area (Å²) in [7, 11) is 1.55. The molecule has 8 heteroatoms. The van der Waals surface area contributed by atoms with E-state index in [4.69, 9.17) is 9.47 Å². The van der Waals surface area contributed by atoms with E-state index in [1.54, 1.807) is 31.4 Å². The van der Waals surface area contributed by atoms with Crippen molar-refractivity contribution in [2.75, 3.05) is 38.3 Å². The van der Waals surface area contributed by atoms with Crippen LogP contribution in [0.3, 0.4) is 0 Å². The Balaban J connectivity index is 2.14. The summed E-state index contributed by atoms with van der Waals surface area (Å²) in [5.41, 5.74) is 0.809. The molecule has 3 rings (SSSR count). The molecule has 1 aliphatic heterocycles. The molecule has 2 heterocycles. The fourth-order valence-corrected chi connectivity index (χ4v) is 2.69. The van der Waals surface area contributed by atoms with Crippen LogP contribution in [0.25, 0.3) is 11.3 Å².